The number of piperidine rings is 1. The fourth-order valence-corrected chi connectivity index (χ4v) is 3.34. The number of hydrogen-bond donors (Lipinski definition) is 1. The fraction of sp³-hybridized carbons (Fsp3) is 0.667. The molecule has 1 N–H and O–H groups in total. The Labute approximate surface area is 129 Å². The zero-order valence-corrected chi connectivity index (χ0v) is 13.9. The van der Waals surface area contributed by atoms with Crippen LogP contribution in [0.25, 0.3) is 0 Å². The van der Waals surface area contributed by atoms with Crippen molar-refractivity contribution in [2.24, 2.45) is 5.92 Å². The molecule has 0 bridgehead atoms. The van der Waals surface area contributed by atoms with E-state index in [2.05, 4.69) is 55.4 Å². The van der Waals surface area contributed by atoms with Gasteiger partial charge in [-0.3, -0.25) is 4.90 Å². The molecule has 1 aromatic carbocycles. The van der Waals surface area contributed by atoms with Gasteiger partial charge in [0.15, 0.2) is 0 Å². The molecule has 1 fully saturated rings. The molecule has 0 aliphatic carbocycles. The summed E-state index contributed by atoms with van der Waals surface area (Å²) < 4.78 is 5.67. The zero-order chi connectivity index (χ0) is 15.2. The molecular weight excluding hydrogens is 260 g/mol. The largest absolute Gasteiger partial charge is 0.494 e. The highest BCUT2D eigenvalue weighted by atomic mass is 16.5. The number of nitrogens with one attached hydrogen (secondary N) is 1. The lowest BCUT2D eigenvalue weighted by Crippen LogP contribution is -2.41. The standard InChI is InChI=1S/C18H30N2O/c1-5-21-17-10-6-8-15(12-17)18-16(13-19-14(2)3)9-7-11-20(18)4/h6,8,10,12,14,16,18-19H,5,7,9,11,13H2,1-4H3. The van der Waals surface area contributed by atoms with Gasteiger partial charge in [0.25, 0.3) is 0 Å². The summed E-state index contributed by atoms with van der Waals surface area (Å²) in [5, 5.41) is 3.62. The lowest BCUT2D eigenvalue weighted by atomic mass is 9.84. The average Bonchev–Trinajstić information content (AvgIpc) is 2.45. The van der Waals surface area contributed by atoms with E-state index in [1.54, 1.807) is 0 Å². The molecular formula is C18H30N2O. The minimum atomic E-state index is 0.491. The predicted octanol–water partition coefficient (Wildman–Crippen LogP) is 3.47. The molecule has 2 atom stereocenters. The van der Waals surface area contributed by atoms with Gasteiger partial charge in [0, 0.05) is 18.6 Å². The van der Waals surface area contributed by atoms with Gasteiger partial charge in [-0.15, -0.1) is 0 Å². The third-order valence-electron chi connectivity index (χ3n) is 4.31. The van der Waals surface area contributed by atoms with Crippen molar-refractivity contribution in [2.45, 2.75) is 45.7 Å². The summed E-state index contributed by atoms with van der Waals surface area (Å²) in [5.41, 5.74) is 1.39. The summed E-state index contributed by atoms with van der Waals surface area (Å²) in [6.07, 6.45) is 2.59. The number of likely N-dealkylation sites (tertiary alicyclic amines) is 1. The Morgan fingerprint density at radius 1 is 1.38 bits per heavy atom. The van der Waals surface area contributed by atoms with Gasteiger partial charge >= 0.3 is 0 Å². The monoisotopic (exact) mass is 290 g/mol. The fourth-order valence-electron chi connectivity index (χ4n) is 3.34. The maximum absolute atomic E-state index is 5.67. The second kappa shape index (κ2) is 7.81. The van der Waals surface area contributed by atoms with Crippen molar-refractivity contribution in [2.75, 3.05) is 26.7 Å². The molecule has 0 saturated carbocycles. The van der Waals surface area contributed by atoms with Crippen LogP contribution in [0, 0.1) is 5.92 Å². The molecule has 118 valence electrons. The highest BCUT2D eigenvalue weighted by molar-refractivity contribution is 5.31. The highest BCUT2D eigenvalue weighted by Gasteiger charge is 2.30. The van der Waals surface area contributed by atoms with Gasteiger partial charge in [0.2, 0.25) is 0 Å². The molecule has 0 spiro atoms. The third-order valence-corrected chi connectivity index (χ3v) is 4.31. The Bertz CT molecular complexity index is 433. The Hall–Kier alpha value is -1.06. The van der Waals surface area contributed by atoms with Crippen LogP contribution >= 0.6 is 0 Å². The molecule has 21 heavy (non-hydrogen) atoms. The summed E-state index contributed by atoms with van der Waals surface area (Å²) in [5.74, 6) is 1.66. The number of benzene rings is 1. The van der Waals surface area contributed by atoms with E-state index >= 15 is 0 Å². The number of nitrogens with zero attached hydrogens (tertiary/aromatic N) is 1. The minimum absolute atomic E-state index is 0.491. The normalized spacial score (nSPS) is 23.5. The molecule has 2 unspecified atom stereocenters. The van der Waals surface area contributed by atoms with Crippen LogP contribution in [-0.4, -0.2) is 37.7 Å². The van der Waals surface area contributed by atoms with E-state index < -0.39 is 0 Å². The smallest absolute Gasteiger partial charge is 0.119 e. The second-order valence-corrected chi connectivity index (χ2v) is 6.40. The van der Waals surface area contributed by atoms with Gasteiger partial charge in [-0.1, -0.05) is 26.0 Å². The van der Waals surface area contributed by atoms with Gasteiger partial charge in [-0.2, -0.15) is 0 Å². The summed E-state index contributed by atoms with van der Waals surface area (Å²) in [4.78, 5) is 2.50. The molecule has 1 heterocycles. The van der Waals surface area contributed by atoms with Gasteiger partial charge in [-0.25, -0.2) is 0 Å². The maximum atomic E-state index is 5.67. The first-order valence-corrected chi connectivity index (χ1v) is 8.28. The van der Waals surface area contributed by atoms with Crippen LogP contribution < -0.4 is 10.1 Å². The van der Waals surface area contributed by atoms with Crippen molar-refractivity contribution >= 4 is 0 Å². The van der Waals surface area contributed by atoms with Crippen LogP contribution in [-0.2, 0) is 0 Å². The van der Waals surface area contributed by atoms with Crippen molar-refractivity contribution in [3.8, 4) is 5.75 Å². The second-order valence-electron chi connectivity index (χ2n) is 6.40. The first kappa shape index (κ1) is 16.3. The maximum Gasteiger partial charge on any atom is 0.119 e. The molecule has 3 heteroatoms. The van der Waals surface area contributed by atoms with E-state index in [-0.39, 0.29) is 0 Å². The molecule has 1 aromatic rings. The van der Waals surface area contributed by atoms with Crippen molar-refractivity contribution in [3.05, 3.63) is 29.8 Å². The average molecular weight is 290 g/mol. The van der Waals surface area contributed by atoms with E-state index in [1.165, 1.54) is 24.9 Å². The topological polar surface area (TPSA) is 24.5 Å². The summed E-state index contributed by atoms with van der Waals surface area (Å²) >= 11 is 0. The van der Waals surface area contributed by atoms with Crippen LogP contribution in [0.1, 0.15) is 45.2 Å². The lowest BCUT2D eigenvalue weighted by molar-refractivity contribution is 0.118. The van der Waals surface area contributed by atoms with Crippen LogP contribution in [0.4, 0.5) is 0 Å². The van der Waals surface area contributed by atoms with E-state index in [1.807, 2.05) is 6.92 Å². The first-order chi connectivity index (χ1) is 10.1. The lowest BCUT2D eigenvalue weighted by Gasteiger charge is -2.40. The van der Waals surface area contributed by atoms with Crippen molar-refractivity contribution in [1.82, 2.24) is 10.2 Å². The van der Waals surface area contributed by atoms with Gasteiger partial charge < -0.3 is 10.1 Å². The predicted molar refractivity (Wildman–Crippen MR) is 88.8 cm³/mol. The molecule has 1 aliphatic rings. The molecule has 1 aliphatic heterocycles. The van der Waals surface area contributed by atoms with Crippen molar-refractivity contribution in [3.63, 3.8) is 0 Å². The SMILES string of the molecule is CCOc1cccc(C2C(CNC(C)C)CCCN2C)c1. The molecule has 0 amide bonds. The molecule has 1 saturated heterocycles. The van der Waals surface area contributed by atoms with Crippen LogP contribution in [0.3, 0.4) is 0 Å². The Kier molecular flexibility index (Phi) is 6.07. The van der Waals surface area contributed by atoms with Crippen LogP contribution in [0.5, 0.6) is 5.75 Å². The van der Waals surface area contributed by atoms with Crippen LogP contribution in [0.15, 0.2) is 24.3 Å². The Morgan fingerprint density at radius 2 is 2.19 bits per heavy atom. The van der Waals surface area contributed by atoms with E-state index in [0.717, 1.165) is 18.9 Å². The number of ether oxygens (including phenoxy) is 1. The van der Waals surface area contributed by atoms with E-state index in [9.17, 15) is 0 Å². The van der Waals surface area contributed by atoms with Crippen LogP contribution in [0.2, 0.25) is 0 Å². The Balaban J connectivity index is 2.16. The molecule has 3 nitrogen and oxygen atoms in total. The number of rotatable bonds is 6. The molecule has 0 radical (unpaired) electrons. The molecule has 2 rings (SSSR count). The van der Waals surface area contributed by atoms with Gasteiger partial charge in [-0.05, 0) is 57.0 Å². The third kappa shape index (κ3) is 4.45. The van der Waals surface area contributed by atoms with E-state index in [4.69, 9.17) is 4.74 Å². The zero-order valence-electron chi connectivity index (χ0n) is 13.9. The summed E-state index contributed by atoms with van der Waals surface area (Å²) in [7, 11) is 2.25. The summed E-state index contributed by atoms with van der Waals surface area (Å²) in [6.45, 7) is 9.47. The van der Waals surface area contributed by atoms with Gasteiger partial charge in [0.05, 0.1) is 6.61 Å². The first-order valence-electron chi connectivity index (χ1n) is 8.28. The van der Waals surface area contributed by atoms with Gasteiger partial charge in [0.1, 0.15) is 5.75 Å². The van der Waals surface area contributed by atoms with E-state index in [0.29, 0.717) is 18.0 Å². The minimum Gasteiger partial charge on any atom is -0.494 e. The highest BCUT2D eigenvalue weighted by Crippen LogP contribution is 2.35. The number of hydrogen-bond acceptors (Lipinski definition) is 3. The Morgan fingerprint density at radius 3 is 2.90 bits per heavy atom. The summed E-state index contributed by atoms with van der Waals surface area (Å²) in [6, 6.07) is 9.68. The molecule has 0 aromatic heterocycles. The van der Waals surface area contributed by atoms with Crippen molar-refractivity contribution < 1.29 is 4.74 Å². The van der Waals surface area contributed by atoms with Crippen molar-refractivity contribution in [1.29, 1.82) is 0 Å². The quantitative estimate of drug-likeness (QED) is 0.868.